The van der Waals surface area contributed by atoms with Crippen LogP contribution in [-0.4, -0.2) is 43.7 Å². The number of rotatable bonds is 6. The van der Waals surface area contributed by atoms with E-state index in [-0.39, 0.29) is 6.54 Å². The number of halogens is 3. The summed E-state index contributed by atoms with van der Waals surface area (Å²) in [6, 6.07) is 0. The largest absolute Gasteiger partial charge is 0.390 e. The lowest BCUT2D eigenvalue weighted by atomic mass is 10.3. The van der Waals surface area contributed by atoms with Crippen molar-refractivity contribution in [3.63, 3.8) is 0 Å². The summed E-state index contributed by atoms with van der Waals surface area (Å²) in [4.78, 5) is 5.83. The summed E-state index contributed by atoms with van der Waals surface area (Å²) in [6.07, 6.45) is -2.96. The maximum absolute atomic E-state index is 12.0. The topological polar surface area (TPSA) is 27.6 Å². The highest BCUT2D eigenvalue weighted by Crippen LogP contribution is 2.18. The average molecular weight is 253 g/mol. The molecule has 17 heavy (non-hydrogen) atoms. The molecule has 102 valence electrons. The number of aliphatic imine (C=N–C) groups is 1. The SMILES string of the molecule is CCCCN(C)C(=NCCC(F)(F)F)NCC. The monoisotopic (exact) mass is 253 g/mol. The van der Waals surface area contributed by atoms with Crippen molar-refractivity contribution in [2.24, 2.45) is 4.99 Å². The van der Waals surface area contributed by atoms with Crippen LogP contribution in [-0.2, 0) is 0 Å². The molecule has 0 saturated heterocycles. The van der Waals surface area contributed by atoms with E-state index in [9.17, 15) is 13.2 Å². The Bertz CT molecular complexity index is 226. The fraction of sp³-hybridized carbons (Fsp3) is 0.909. The molecule has 6 heteroatoms. The number of guanidine groups is 1. The zero-order chi connectivity index (χ0) is 13.3. The van der Waals surface area contributed by atoms with E-state index in [0.717, 1.165) is 19.4 Å². The van der Waals surface area contributed by atoms with Crippen LogP contribution in [0.25, 0.3) is 0 Å². The normalized spacial score (nSPS) is 12.7. The Morgan fingerprint density at radius 3 is 2.41 bits per heavy atom. The molecular formula is C11H22F3N3. The number of hydrogen-bond acceptors (Lipinski definition) is 1. The van der Waals surface area contributed by atoms with Gasteiger partial charge in [0.1, 0.15) is 0 Å². The first-order valence-electron chi connectivity index (χ1n) is 5.97. The van der Waals surface area contributed by atoms with E-state index in [2.05, 4.69) is 17.2 Å². The molecule has 0 heterocycles. The van der Waals surface area contributed by atoms with E-state index >= 15 is 0 Å². The van der Waals surface area contributed by atoms with E-state index in [4.69, 9.17) is 0 Å². The van der Waals surface area contributed by atoms with Gasteiger partial charge in [-0.3, -0.25) is 4.99 Å². The smallest absolute Gasteiger partial charge is 0.357 e. The van der Waals surface area contributed by atoms with Crippen molar-refractivity contribution < 1.29 is 13.2 Å². The van der Waals surface area contributed by atoms with Gasteiger partial charge in [-0.1, -0.05) is 13.3 Å². The van der Waals surface area contributed by atoms with Crippen molar-refractivity contribution in [1.29, 1.82) is 0 Å². The molecule has 0 aromatic heterocycles. The van der Waals surface area contributed by atoms with Gasteiger partial charge in [-0.05, 0) is 13.3 Å². The predicted octanol–water partition coefficient (Wildman–Crippen LogP) is 2.64. The second-order valence-corrected chi connectivity index (χ2v) is 3.88. The molecule has 0 amide bonds. The zero-order valence-electron chi connectivity index (χ0n) is 10.8. The quantitative estimate of drug-likeness (QED) is 0.582. The summed E-state index contributed by atoms with van der Waals surface area (Å²) in [5, 5.41) is 2.99. The van der Waals surface area contributed by atoms with Gasteiger partial charge < -0.3 is 10.2 Å². The Labute approximate surface area is 101 Å². The summed E-state index contributed by atoms with van der Waals surface area (Å²) >= 11 is 0. The van der Waals surface area contributed by atoms with E-state index < -0.39 is 12.6 Å². The molecule has 0 bridgehead atoms. The van der Waals surface area contributed by atoms with Crippen molar-refractivity contribution in [2.75, 3.05) is 26.7 Å². The molecule has 0 aromatic rings. The van der Waals surface area contributed by atoms with E-state index in [1.54, 1.807) is 0 Å². The van der Waals surface area contributed by atoms with Gasteiger partial charge in [0.2, 0.25) is 0 Å². The molecule has 0 aliphatic heterocycles. The van der Waals surface area contributed by atoms with E-state index in [1.165, 1.54) is 0 Å². The van der Waals surface area contributed by atoms with Crippen LogP contribution >= 0.6 is 0 Å². The molecule has 0 unspecified atom stereocenters. The number of unbranched alkanes of at least 4 members (excludes halogenated alkanes) is 1. The molecular weight excluding hydrogens is 231 g/mol. The fourth-order valence-electron chi connectivity index (χ4n) is 1.26. The third-order valence-electron chi connectivity index (χ3n) is 2.20. The number of hydrogen-bond donors (Lipinski definition) is 1. The Morgan fingerprint density at radius 1 is 1.29 bits per heavy atom. The van der Waals surface area contributed by atoms with Gasteiger partial charge in [-0.15, -0.1) is 0 Å². The zero-order valence-corrected chi connectivity index (χ0v) is 10.8. The summed E-state index contributed by atoms with van der Waals surface area (Å²) in [6.45, 7) is 5.20. The minimum atomic E-state index is -4.14. The highest BCUT2D eigenvalue weighted by molar-refractivity contribution is 5.79. The molecule has 3 nitrogen and oxygen atoms in total. The number of alkyl halides is 3. The molecule has 0 aliphatic rings. The molecule has 0 aromatic carbocycles. The molecule has 1 N–H and O–H groups in total. The highest BCUT2D eigenvalue weighted by atomic mass is 19.4. The first-order chi connectivity index (χ1) is 7.90. The van der Waals surface area contributed by atoms with Crippen LogP contribution < -0.4 is 5.32 Å². The van der Waals surface area contributed by atoms with Gasteiger partial charge >= 0.3 is 6.18 Å². The molecule has 0 atom stereocenters. The van der Waals surface area contributed by atoms with Gasteiger partial charge in [-0.25, -0.2) is 0 Å². The Morgan fingerprint density at radius 2 is 1.94 bits per heavy atom. The standard InChI is InChI=1S/C11H22F3N3/c1-4-6-9-17(3)10(15-5-2)16-8-7-11(12,13)14/h4-9H2,1-3H3,(H,15,16). The number of nitrogens with one attached hydrogen (secondary N) is 1. The van der Waals surface area contributed by atoms with Crippen LogP contribution in [0, 0.1) is 0 Å². The van der Waals surface area contributed by atoms with Gasteiger partial charge in [0.25, 0.3) is 0 Å². The molecule has 0 spiro atoms. The maximum atomic E-state index is 12.0. The summed E-state index contributed by atoms with van der Waals surface area (Å²) in [5.74, 6) is 0.546. The highest BCUT2D eigenvalue weighted by Gasteiger charge is 2.26. The van der Waals surface area contributed by atoms with Crippen LogP contribution in [0.15, 0.2) is 4.99 Å². The van der Waals surface area contributed by atoms with Gasteiger partial charge in [0, 0.05) is 20.1 Å². The fourth-order valence-corrected chi connectivity index (χ4v) is 1.26. The lowest BCUT2D eigenvalue weighted by Gasteiger charge is -2.21. The van der Waals surface area contributed by atoms with Crippen LogP contribution in [0.2, 0.25) is 0 Å². The van der Waals surface area contributed by atoms with Crippen molar-refractivity contribution >= 4 is 5.96 Å². The third-order valence-corrected chi connectivity index (χ3v) is 2.20. The Kier molecular flexibility index (Phi) is 7.74. The Hall–Kier alpha value is -0.940. The van der Waals surface area contributed by atoms with Crippen LogP contribution in [0.1, 0.15) is 33.1 Å². The maximum Gasteiger partial charge on any atom is 0.390 e. The minimum Gasteiger partial charge on any atom is -0.357 e. The van der Waals surface area contributed by atoms with E-state index in [1.807, 2.05) is 18.9 Å². The number of nitrogens with zero attached hydrogens (tertiary/aromatic N) is 2. The van der Waals surface area contributed by atoms with Crippen molar-refractivity contribution in [3.8, 4) is 0 Å². The molecule has 0 aliphatic carbocycles. The summed E-state index contributed by atoms with van der Waals surface area (Å²) < 4.78 is 36.0. The first-order valence-corrected chi connectivity index (χ1v) is 5.97. The van der Waals surface area contributed by atoms with Gasteiger partial charge in [-0.2, -0.15) is 13.2 Å². The summed E-state index contributed by atoms with van der Waals surface area (Å²) in [7, 11) is 1.84. The lowest BCUT2D eigenvalue weighted by Crippen LogP contribution is -2.39. The van der Waals surface area contributed by atoms with Crippen LogP contribution in [0.4, 0.5) is 13.2 Å². The molecule has 0 fully saturated rings. The Balaban J connectivity index is 4.24. The van der Waals surface area contributed by atoms with Crippen molar-refractivity contribution in [3.05, 3.63) is 0 Å². The second kappa shape index (κ2) is 8.20. The van der Waals surface area contributed by atoms with Crippen LogP contribution in [0.3, 0.4) is 0 Å². The third kappa shape index (κ3) is 8.83. The predicted molar refractivity (Wildman–Crippen MR) is 64.2 cm³/mol. The minimum absolute atomic E-state index is 0.220. The van der Waals surface area contributed by atoms with Crippen molar-refractivity contribution in [1.82, 2.24) is 10.2 Å². The van der Waals surface area contributed by atoms with Crippen LogP contribution in [0.5, 0.6) is 0 Å². The molecule has 0 saturated carbocycles. The first kappa shape index (κ1) is 16.1. The molecule has 0 radical (unpaired) electrons. The lowest BCUT2D eigenvalue weighted by molar-refractivity contribution is -0.132. The van der Waals surface area contributed by atoms with Crippen molar-refractivity contribution in [2.45, 2.75) is 39.3 Å². The summed E-state index contributed by atoms with van der Waals surface area (Å²) in [5.41, 5.74) is 0. The van der Waals surface area contributed by atoms with Gasteiger partial charge in [0.15, 0.2) is 5.96 Å². The molecule has 0 rings (SSSR count). The van der Waals surface area contributed by atoms with Gasteiger partial charge in [0.05, 0.1) is 13.0 Å². The second-order valence-electron chi connectivity index (χ2n) is 3.88. The van der Waals surface area contributed by atoms with E-state index in [0.29, 0.717) is 12.5 Å². The average Bonchev–Trinajstić information content (AvgIpc) is 2.23.